The van der Waals surface area contributed by atoms with Crippen molar-refractivity contribution in [1.29, 1.82) is 0 Å². The number of hydrogen-bond acceptors (Lipinski definition) is 2. The van der Waals surface area contributed by atoms with E-state index in [-0.39, 0.29) is 5.75 Å². The molecule has 0 aliphatic heterocycles. The predicted octanol–water partition coefficient (Wildman–Crippen LogP) is 12.8. The molecule has 3 aromatic heterocycles. The Morgan fingerprint density at radius 2 is 1.00 bits per heavy atom. The van der Waals surface area contributed by atoms with Crippen LogP contribution in [0, 0.1) is 0 Å². The lowest BCUT2D eigenvalue weighted by molar-refractivity contribution is 0.477. The van der Waals surface area contributed by atoms with E-state index in [0.29, 0.717) is 0 Å². The monoisotopic (exact) mass is 666 g/mol. The number of hydrogen-bond donors (Lipinski definition) is 1. The average molecular weight is 667 g/mol. The van der Waals surface area contributed by atoms with Crippen molar-refractivity contribution in [2.75, 3.05) is 0 Å². The lowest BCUT2D eigenvalue weighted by Crippen LogP contribution is -1.94. The molecule has 8 aromatic carbocycles. The molecule has 0 saturated carbocycles. The number of aromatic nitrogens is 2. The Balaban J connectivity index is 1.05. The molecule has 4 heteroatoms. The van der Waals surface area contributed by atoms with E-state index in [1.54, 1.807) is 6.07 Å². The number of rotatable bonds is 4. The Labute approximate surface area is 298 Å². The Kier molecular flexibility index (Phi) is 6.07. The van der Waals surface area contributed by atoms with Gasteiger partial charge in [0, 0.05) is 43.9 Å². The van der Waals surface area contributed by atoms with Gasteiger partial charge in [-0.3, -0.25) is 0 Å². The third-order valence-electron chi connectivity index (χ3n) is 10.6. The molecule has 0 amide bonds. The molecule has 0 radical (unpaired) electrons. The maximum Gasteiger partial charge on any atom is 0.145 e. The molecule has 0 bridgehead atoms. The van der Waals surface area contributed by atoms with Crippen LogP contribution in [0.3, 0.4) is 0 Å². The van der Waals surface area contributed by atoms with Gasteiger partial charge in [0.05, 0.1) is 27.5 Å². The highest BCUT2D eigenvalue weighted by molar-refractivity contribution is 6.24. The quantitative estimate of drug-likeness (QED) is 0.203. The first-order valence-corrected chi connectivity index (χ1v) is 17.6. The van der Waals surface area contributed by atoms with Crippen molar-refractivity contribution in [3.63, 3.8) is 0 Å². The summed E-state index contributed by atoms with van der Waals surface area (Å²) >= 11 is 0. The standard InChI is InChI=1S/C48H30N2O2/c51-45-25-21-30(28-39(45)32-11-10-14-34(27-32)50-41-18-7-4-15-35(41)36-16-5-8-19-42(36)50)31-22-26-46-40(29-31)37-23-24-44-47(48(37)52-46)38-17-6-9-20-43(38)49(44)33-12-2-1-3-13-33/h1-29,51H. The predicted molar refractivity (Wildman–Crippen MR) is 215 cm³/mol. The van der Waals surface area contributed by atoms with Gasteiger partial charge in [-0.25, -0.2) is 0 Å². The Morgan fingerprint density at radius 1 is 0.385 bits per heavy atom. The zero-order valence-electron chi connectivity index (χ0n) is 28.0. The summed E-state index contributed by atoms with van der Waals surface area (Å²) < 4.78 is 11.3. The molecule has 52 heavy (non-hydrogen) atoms. The molecule has 0 atom stereocenters. The summed E-state index contributed by atoms with van der Waals surface area (Å²) in [5.74, 6) is 0.246. The van der Waals surface area contributed by atoms with Crippen molar-refractivity contribution in [2.24, 2.45) is 0 Å². The fourth-order valence-electron chi connectivity index (χ4n) is 8.28. The minimum Gasteiger partial charge on any atom is -0.507 e. The molecule has 11 aromatic rings. The van der Waals surface area contributed by atoms with Crippen molar-refractivity contribution in [3.8, 4) is 39.4 Å². The first-order chi connectivity index (χ1) is 25.7. The Bertz CT molecular complexity index is 3140. The smallest absolute Gasteiger partial charge is 0.145 e. The summed E-state index contributed by atoms with van der Waals surface area (Å²) in [7, 11) is 0. The largest absolute Gasteiger partial charge is 0.507 e. The van der Waals surface area contributed by atoms with Crippen LogP contribution in [0.1, 0.15) is 0 Å². The number of benzene rings is 8. The number of para-hydroxylation sites is 4. The Hall–Kier alpha value is -7.04. The zero-order chi connectivity index (χ0) is 34.3. The van der Waals surface area contributed by atoms with E-state index in [1.807, 2.05) is 12.1 Å². The fraction of sp³-hybridized carbons (Fsp3) is 0. The lowest BCUT2D eigenvalue weighted by Gasteiger charge is -2.12. The van der Waals surface area contributed by atoms with Gasteiger partial charge >= 0.3 is 0 Å². The van der Waals surface area contributed by atoms with Crippen molar-refractivity contribution >= 4 is 65.6 Å². The number of furan rings is 1. The van der Waals surface area contributed by atoms with Crippen LogP contribution in [0.4, 0.5) is 0 Å². The molecule has 0 fully saturated rings. The highest BCUT2D eigenvalue weighted by atomic mass is 16.3. The minimum atomic E-state index is 0.246. The van der Waals surface area contributed by atoms with Gasteiger partial charge in [-0.15, -0.1) is 0 Å². The number of fused-ring (bicyclic) bond motifs is 10. The van der Waals surface area contributed by atoms with Gasteiger partial charge < -0.3 is 18.7 Å². The Morgan fingerprint density at radius 3 is 1.77 bits per heavy atom. The van der Waals surface area contributed by atoms with E-state index in [9.17, 15) is 5.11 Å². The SMILES string of the molecule is Oc1ccc(-c2ccc3oc4c(ccc5c4c4ccccc4n5-c4ccccc4)c3c2)cc1-c1cccc(-n2c3ccccc3c3ccccc32)c1. The average Bonchev–Trinajstić information content (AvgIpc) is 3.86. The topological polar surface area (TPSA) is 43.2 Å². The molecule has 0 aliphatic carbocycles. The van der Waals surface area contributed by atoms with Gasteiger partial charge in [-0.1, -0.05) is 97.1 Å². The summed E-state index contributed by atoms with van der Waals surface area (Å²) in [6.45, 7) is 0. The molecule has 0 unspecified atom stereocenters. The third-order valence-corrected chi connectivity index (χ3v) is 10.6. The van der Waals surface area contributed by atoms with Crippen LogP contribution in [-0.4, -0.2) is 14.2 Å². The van der Waals surface area contributed by atoms with Crippen LogP contribution < -0.4 is 0 Å². The summed E-state index contributed by atoms with van der Waals surface area (Å²) in [6.07, 6.45) is 0. The van der Waals surface area contributed by atoms with E-state index in [0.717, 1.165) is 88.4 Å². The molecule has 11 rings (SSSR count). The van der Waals surface area contributed by atoms with E-state index < -0.39 is 0 Å². The second-order valence-corrected chi connectivity index (χ2v) is 13.5. The highest BCUT2D eigenvalue weighted by Crippen LogP contribution is 2.42. The molecule has 0 spiro atoms. The van der Waals surface area contributed by atoms with E-state index >= 15 is 0 Å². The van der Waals surface area contributed by atoms with Gasteiger partial charge in [-0.05, 0) is 95.6 Å². The van der Waals surface area contributed by atoms with Crippen molar-refractivity contribution in [1.82, 2.24) is 9.13 Å². The molecular formula is C48H30N2O2. The highest BCUT2D eigenvalue weighted by Gasteiger charge is 2.19. The van der Waals surface area contributed by atoms with Crippen molar-refractivity contribution in [2.45, 2.75) is 0 Å². The number of phenols is 1. The van der Waals surface area contributed by atoms with Gasteiger partial charge in [0.1, 0.15) is 16.9 Å². The molecule has 3 heterocycles. The summed E-state index contributed by atoms with van der Waals surface area (Å²) in [4.78, 5) is 0. The zero-order valence-corrected chi connectivity index (χ0v) is 28.0. The second-order valence-electron chi connectivity index (χ2n) is 13.5. The third kappa shape index (κ3) is 4.15. The van der Waals surface area contributed by atoms with Crippen molar-refractivity contribution in [3.05, 3.63) is 176 Å². The van der Waals surface area contributed by atoms with Crippen molar-refractivity contribution < 1.29 is 9.52 Å². The normalized spacial score (nSPS) is 11.9. The maximum atomic E-state index is 11.2. The van der Waals surface area contributed by atoms with Gasteiger partial charge in [-0.2, -0.15) is 0 Å². The van der Waals surface area contributed by atoms with Gasteiger partial charge in [0.2, 0.25) is 0 Å². The van der Waals surface area contributed by atoms with Gasteiger partial charge in [0.25, 0.3) is 0 Å². The van der Waals surface area contributed by atoms with Crippen LogP contribution in [0.5, 0.6) is 5.75 Å². The summed E-state index contributed by atoms with van der Waals surface area (Å²) in [5.41, 5.74) is 12.3. The van der Waals surface area contributed by atoms with Crippen LogP contribution in [0.2, 0.25) is 0 Å². The summed E-state index contributed by atoms with van der Waals surface area (Å²) in [6, 6.07) is 61.2. The number of nitrogens with zero attached hydrogens (tertiary/aromatic N) is 2. The number of aromatic hydroxyl groups is 1. The molecule has 0 aliphatic rings. The molecule has 4 nitrogen and oxygen atoms in total. The fourth-order valence-corrected chi connectivity index (χ4v) is 8.28. The second kappa shape index (κ2) is 11.0. The molecule has 244 valence electrons. The van der Waals surface area contributed by atoms with Crippen LogP contribution in [0.15, 0.2) is 180 Å². The van der Waals surface area contributed by atoms with Crippen LogP contribution >= 0.6 is 0 Å². The summed E-state index contributed by atoms with van der Waals surface area (Å²) in [5, 5.41) is 18.1. The minimum absolute atomic E-state index is 0.246. The lowest BCUT2D eigenvalue weighted by atomic mass is 9.96. The van der Waals surface area contributed by atoms with E-state index in [1.165, 1.54) is 10.8 Å². The van der Waals surface area contributed by atoms with Crippen LogP contribution in [-0.2, 0) is 0 Å². The van der Waals surface area contributed by atoms with Gasteiger partial charge in [0.15, 0.2) is 0 Å². The maximum absolute atomic E-state index is 11.2. The van der Waals surface area contributed by atoms with E-state index in [4.69, 9.17) is 4.42 Å². The van der Waals surface area contributed by atoms with E-state index in [2.05, 4.69) is 167 Å². The molecule has 0 saturated heterocycles. The molecular weight excluding hydrogens is 637 g/mol. The number of phenolic OH excluding ortho intramolecular Hbond substituents is 1. The molecule has 1 N–H and O–H groups in total. The van der Waals surface area contributed by atoms with Crippen LogP contribution in [0.25, 0.3) is 99.2 Å². The first-order valence-electron chi connectivity index (χ1n) is 17.6. The first kappa shape index (κ1) is 28.8.